The van der Waals surface area contributed by atoms with E-state index in [9.17, 15) is 33.0 Å². The molecule has 0 bridgehead atoms. The summed E-state index contributed by atoms with van der Waals surface area (Å²) in [5.41, 5.74) is -1.60. The first-order valence-corrected chi connectivity index (χ1v) is 13.2. The van der Waals surface area contributed by atoms with Crippen LogP contribution in [0.15, 0.2) is 47.5 Å². The molecule has 1 fully saturated rings. The van der Waals surface area contributed by atoms with Crippen molar-refractivity contribution in [3.63, 3.8) is 0 Å². The molecule has 0 aliphatic carbocycles. The Morgan fingerprint density at radius 2 is 1.88 bits per heavy atom. The van der Waals surface area contributed by atoms with Gasteiger partial charge in [-0.05, 0) is 43.7 Å². The van der Waals surface area contributed by atoms with Crippen molar-refractivity contribution in [1.82, 2.24) is 39.0 Å². The van der Waals surface area contributed by atoms with Crippen LogP contribution >= 0.6 is 23.2 Å². The Morgan fingerprint density at radius 3 is 2.50 bits per heavy atom. The van der Waals surface area contributed by atoms with Crippen LogP contribution in [0, 0.1) is 0 Å². The Balaban J connectivity index is 1.57. The van der Waals surface area contributed by atoms with Gasteiger partial charge in [-0.3, -0.25) is 14.3 Å². The number of rotatable bonds is 7. The maximum atomic E-state index is 13.5. The molecule has 4 heterocycles. The van der Waals surface area contributed by atoms with Crippen molar-refractivity contribution in [2.75, 3.05) is 13.1 Å². The number of carbonyl (C=O) groups excluding carboxylic acids is 1. The fourth-order valence-electron chi connectivity index (χ4n) is 4.44. The van der Waals surface area contributed by atoms with Gasteiger partial charge in [0.05, 0.1) is 23.4 Å². The molecule has 0 radical (unpaired) electrons. The standard InChI is InChI=1S/C25H23Cl2F3N8O4/c1-24(42)7-9-35(13-24)22(40)21-32-19(33-38(21)17-10-31-8-6-16(17)27)12-37-23(41)36(11-18(39)25(28,29)30)20(34-37)14-2-4-15(26)5-3-14/h2-6,8,10,18,39,42H,7,9,11-13H2,1H3/t18-,24?/m0/s1. The molecule has 2 N–H and O–H groups in total. The van der Waals surface area contributed by atoms with Crippen molar-refractivity contribution in [1.29, 1.82) is 0 Å². The highest BCUT2D eigenvalue weighted by Gasteiger charge is 2.40. The molecule has 42 heavy (non-hydrogen) atoms. The number of amides is 1. The lowest BCUT2D eigenvalue weighted by atomic mass is 10.1. The average Bonchev–Trinajstić information content (AvgIpc) is 3.60. The van der Waals surface area contributed by atoms with E-state index in [4.69, 9.17) is 23.2 Å². The van der Waals surface area contributed by atoms with Crippen molar-refractivity contribution < 1.29 is 28.2 Å². The Labute approximate surface area is 245 Å². The molecule has 1 aromatic carbocycles. The molecule has 12 nitrogen and oxygen atoms in total. The van der Waals surface area contributed by atoms with Crippen LogP contribution in [0.25, 0.3) is 17.1 Å². The lowest BCUT2D eigenvalue weighted by Crippen LogP contribution is -2.37. The van der Waals surface area contributed by atoms with Crippen LogP contribution < -0.4 is 5.69 Å². The van der Waals surface area contributed by atoms with E-state index in [1.165, 1.54) is 47.6 Å². The zero-order chi connectivity index (χ0) is 30.4. The first-order valence-electron chi connectivity index (χ1n) is 12.5. The summed E-state index contributed by atoms with van der Waals surface area (Å²) < 4.78 is 42.3. The molecule has 17 heteroatoms. The molecule has 222 valence electrons. The number of alkyl halides is 3. The van der Waals surface area contributed by atoms with Crippen LogP contribution in [0.4, 0.5) is 13.2 Å². The predicted molar refractivity (Wildman–Crippen MR) is 143 cm³/mol. The van der Waals surface area contributed by atoms with Gasteiger partial charge in [0.25, 0.3) is 5.91 Å². The molecule has 1 unspecified atom stereocenters. The van der Waals surface area contributed by atoms with E-state index in [-0.39, 0.29) is 46.8 Å². The normalized spacial score (nSPS) is 18.0. The zero-order valence-corrected chi connectivity index (χ0v) is 23.3. The molecular weight excluding hydrogens is 604 g/mol. The van der Waals surface area contributed by atoms with E-state index in [1.54, 1.807) is 6.92 Å². The van der Waals surface area contributed by atoms with Crippen LogP contribution in [0.3, 0.4) is 0 Å². The van der Waals surface area contributed by atoms with E-state index < -0.39 is 42.6 Å². The number of aliphatic hydroxyl groups excluding tert-OH is 1. The van der Waals surface area contributed by atoms with Gasteiger partial charge >= 0.3 is 11.9 Å². The van der Waals surface area contributed by atoms with E-state index >= 15 is 0 Å². The smallest absolute Gasteiger partial charge is 0.388 e. The summed E-state index contributed by atoms with van der Waals surface area (Å²) in [7, 11) is 0. The van der Waals surface area contributed by atoms with Crippen molar-refractivity contribution in [3.8, 4) is 17.1 Å². The summed E-state index contributed by atoms with van der Waals surface area (Å²) in [6.07, 6.45) is -4.70. The summed E-state index contributed by atoms with van der Waals surface area (Å²) in [5.74, 6) is -1.00. The number of hydrogen-bond donors (Lipinski definition) is 2. The van der Waals surface area contributed by atoms with Crippen LogP contribution in [-0.4, -0.2) is 86.1 Å². The number of benzene rings is 1. The Morgan fingerprint density at radius 1 is 1.17 bits per heavy atom. The molecule has 1 amide bonds. The predicted octanol–water partition coefficient (Wildman–Crippen LogP) is 2.56. The topological polar surface area (TPSA) is 144 Å². The van der Waals surface area contributed by atoms with Gasteiger partial charge in [-0.1, -0.05) is 23.2 Å². The highest BCUT2D eigenvalue weighted by Crippen LogP contribution is 2.26. The number of aromatic nitrogens is 7. The van der Waals surface area contributed by atoms with E-state index in [2.05, 4.69) is 20.2 Å². The third-order valence-electron chi connectivity index (χ3n) is 6.61. The zero-order valence-electron chi connectivity index (χ0n) is 21.8. The van der Waals surface area contributed by atoms with Gasteiger partial charge in [0, 0.05) is 29.9 Å². The molecule has 4 aromatic rings. The number of halogens is 5. The molecular formula is C25H23Cl2F3N8O4. The van der Waals surface area contributed by atoms with Crippen LogP contribution in [0.5, 0.6) is 0 Å². The monoisotopic (exact) mass is 626 g/mol. The van der Waals surface area contributed by atoms with Crippen molar-refractivity contribution >= 4 is 29.1 Å². The fourth-order valence-corrected chi connectivity index (χ4v) is 4.76. The van der Waals surface area contributed by atoms with Gasteiger partial charge in [0.1, 0.15) is 12.2 Å². The molecule has 5 rings (SSSR count). The molecule has 3 aromatic heterocycles. The number of aliphatic hydroxyl groups is 2. The maximum absolute atomic E-state index is 13.5. The number of carbonyl (C=O) groups is 1. The Hall–Kier alpha value is -3.79. The summed E-state index contributed by atoms with van der Waals surface area (Å²) in [6, 6.07) is 7.34. The second-order valence-electron chi connectivity index (χ2n) is 10.0. The largest absolute Gasteiger partial charge is 0.416 e. The van der Waals surface area contributed by atoms with Gasteiger partial charge in [-0.25, -0.2) is 19.1 Å². The lowest BCUT2D eigenvalue weighted by Gasteiger charge is -2.18. The van der Waals surface area contributed by atoms with Gasteiger partial charge in [-0.2, -0.15) is 13.2 Å². The molecule has 1 saturated heterocycles. The summed E-state index contributed by atoms with van der Waals surface area (Å²) in [6.45, 7) is 0.337. The maximum Gasteiger partial charge on any atom is 0.416 e. The Kier molecular flexibility index (Phi) is 7.87. The molecule has 1 aliphatic heterocycles. The van der Waals surface area contributed by atoms with Crippen molar-refractivity contribution in [2.45, 2.75) is 44.3 Å². The first-order chi connectivity index (χ1) is 19.7. The summed E-state index contributed by atoms with van der Waals surface area (Å²) in [5, 5.41) is 29.2. The quantitative estimate of drug-likeness (QED) is 0.318. The van der Waals surface area contributed by atoms with Crippen LogP contribution in [0.1, 0.15) is 29.8 Å². The number of nitrogens with zero attached hydrogens (tertiary/aromatic N) is 8. The molecule has 1 aliphatic rings. The molecule has 0 saturated carbocycles. The fraction of sp³-hybridized carbons (Fsp3) is 0.360. The number of hydrogen-bond acceptors (Lipinski definition) is 8. The third-order valence-corrected chi connectivity index (χ3v) is 7.18. The number of likely N-dealkylation sites (tertiary alicyclic amines) is 1. The summed E-state index contributed by atoms with van der Waals surface area (Å²) >= 11 is 12.3. The highest BCUT2D eigenvalue weighted by molar-refractivity contribution is 6.32. The van der Waals surface area contributed by atoms with Crippen LogP contribution in [0.2, 0.25) is 10.0 Å². The minimum atomic E-state index is -4.99. The van der Waals surface area contributed by atoms with Crippen LogP contribution in [-0.2, 0) is 13.1 Å². The molecule has 0 spiro atoms. The number of β-amino-alcohol motifs (C(OH)–C–C–N with tert-alkyl or cyclic N) is 1. The lowest BCUT2D eigenvalue weighted by molar-refractivity contribution is -0.207. The average molecular weight is 627 g/mol. The van der Waals surface area contributed by atoms with E-state index in [0.717, 1.165) is 9.36 Å². The first kappa shape index (κ1) is 29.7. The second kappa shape index (κ2) is 11.1. The van der Waals surface area contributed by atoms with Crippen molar-refractivity contribution in [2.24, 2.45) is 0 Å². The van der Waals surface area contributed by atoms with E-state index in [0.29, 0.717) is 16.0 Å². The highest BCUT2D eigenvalue weighted by atomic mass is 35.5. The Bertz CT molecular complexity index is 1680. The van der Waals surface area contributed by atoms with Crippen molar-refractivity contribution in [3.05, 3.63) is 74.9 Å². The second-order valence-corrected chi connectivity index (χ2v) is 10.8. The minimum Gasteiger partial charge on any atom is -0.388 e. The van der Waals surface area contributed by atoms with Gasteiger partial charge < -0.3 is 15.1 Å². The third kappa shape index (κ3) is 6.04. The molecule has 2 atom stereocenters. The van der Waals surface area contributed by atoms with Gasteiger partial charge in [0.2, 0.25) is 5.82 Å². The van der Waals surface area contributed by atoms with E-state index in [1.807, 2.05) is 0 Å². The van der Waals surface area contributed by atoms with Gasteiger partial charge in [-0.15, -0.1) is 10.2 Å². The minimum absolute atomic E-state index is 0.0463. The SMILES string of the molecule is CC1(O)CCN(C(=O)c2nc(Cn3nc(-c4ccc(Cl)cc4)n(C[C@H](O)C(F)(F)F)c3=O)nn2-c2cnccc2Cl)C1. The summed E-state index contributed by atoms with van der Waals surface area (Å²) in [4.78, 5) is 36.5. The number of pyridine rings is 1. The van der Waals surface area contributed by atoms with Gasteiger partial charge in [0.15, 0.2) is 17.8 Å².